The lowest BCUT2D eigenvalue weighted by molar-refractivity contribution is -0.890. The Bertz CT molecular complexity index is 921. The summed E-state index contributed by atoms with van der Waals surface area (Å²) in [6.07, 6.45) is 5.26. The van der Waals surface area contributed by atoms with E-state index in [0.717, 1.165) is 29.4 Å². The standard InChI is InChI=1S/C20H24N4OS/c1-24(2)16(13-6-4-7-14(10-13)25-3)11-21-19-18-15-8-5-9-17(15)26-20(18)23-12-22-19/h4,6-7,10,12,16H,5,8-9,11H2,1-3H3,(H,21,22,23)/p+1/t16-/m0/s1. The van der Waals surface area contributed by atoms with Gasteiger partial charge in [0.25, 0.3) is 0 Å². The van der Waals surface area contributed by atoms with Gasteiger partial charge in [-0.1, -0.05) is 12.1 Å². The topological polar surface area (TPSA) is 51.5 Å². The summed E-state index contributed by atoms with van der Waals surface area (Å²) in [7, 11) is 6.08. The summed E-state index contributed by atoms with van der Waals surface area (Å²) in [5, 5.41) is 4.85. The van der Waals surface area contributed by atoms with Crippen LogP contribution < -0.4 is 15.0 Å². The molecule has 2 heterocycles. The van der Waals surface area contributed by atoms with E-state index in [0.29, 0.717) is 6.04 Å². The van der Waals surface area contributed by atoms with Gasteiger partial charge in [-0.3, -0.25) is 0 Å². The number of nitrogens with one attached hydrogen (secondary N) is 2. The number of nitrogens with zero attached hydrogens (tertiary/aromatic N) is 2. The van der Waals surface area contributed by atoms with E-state index in [4.69, 9.17) is 4.74 Å². The number of thiophene rings is 1. The SMILES string of the molecule is COc1cccc([C@H](CNc2ncnc3sc4c(c23)CCC4)[NH+](C)C)c1. The van der Waals surface area contributed by atoms with Crippen molar-refractivity contribution in [2.45, 2.75) is 25.3 Å². The second kappa shape index (κ2) is 7.21. The van der Waals surface area contributed by atoms with Gasteiger partial charge in [0.15, 0.2) is 0 Å². The molecule has 136 valence electrons. The third kappa shape index (κ3) is 3.15. The maximum atomic E-state index is 5.40. The van der Waals surface area contributed by atoms with E-state index in [1.54, 1.807) is 13.4 Å². The lowest BCUT2D eigenvalue weighted by Gasteiger charge is -2.23. The molecule has 4 rings (SSSR count). The number of quaternary nitrogens is 1. The van der Waals surface area contributed by atoms with Crippen molar-refractivity contribution in [1.29, 1.82) is 0 Å². The predicted octanol–water partition coefficient (Wildman–Crippen LogP) is 2.49. The Labute approximate surface area is 158 Å². The van der Waals surface area contributed by atoms with Crippen LogP contribution in [0.15, 0.2) is 30.6 Å². The Kier molecular flexibility index (Phi) is 4.78. The Morgan fingerprint density at radius 1 is 1.27 bits per heavy atom. The maximum absolute atomic E-state index is 5.40. The van der Waals surface area contributed by atoms with Crippen LogP contribution in [0.2, 0.25) is 0 Å². The molecule has 2 aromatic heterocycles. The molecule has 0 bridgehead atoms. The van der Waals surface area contributed by atoms with Crippen molar-refractivity contribution in [2.24, 2.45) is 0 Å². The van der Waals surface area contributed by atoms with E-state index in [2.05, 4.69) is 47.6 Å². The molecular formula is C20H25N4OS+. The summed E-state index contributed by atoms with van der Waals surface area (Å²) >= 11 is 1.83. The van der Waals surface area contributed by atoms with Crippen molar-refractivity contribution < 1.29 is 9.64 Å². The monoisotopic (exact) mass is 369 g/mol. The lowest BCUT2D eigenvalue weighted by Crippen LogP contribution is -3.06. The molecule has 0 saturated carbocycles. The zero-order valence-electron chi connectivity index (χ0n) is 15.5. The van der Waals surface area contributed by atoms with Crippen LogP contribution in [0.3, 0.4) is 0 Å². The number of likely N-dealkylation sites (N-methyl/N-ethyl adjacent to an activating group) is 1. The first-order valence-electron chi connectivity index (χ1n) is 9.10. The first-order chi connectivity index (χ1) is 12.7. The molecule has 5 nitrogen and oxygen atoms in total. The van der Waals surface area contributed by atoms with Crippen molar-refractivity contribution in [3.8, 4) is 5.75 Å². The summed E-state index contributed by atoms with van der Waals surface area (Å²) in [6, 6.07) is 8.64. The zero-order chi connectivity index (χ0) is 18.1. The Balaban J connectivity index is 1.61. The second-order valence-electron chi connectivity index (χ2n) is 7.05. The minimum absolute atomic E-state index is 0.307. The number of ether oxygens (including phenoxy) is 1. The van der Waals surface area contributed by atoms with E-state index < -0.39 is 0 Å². The molecule has 2 N–H and O–H groups in total. The number of aryl methyl sites for hydroxylation is 2. The van der Waals surface area contributed by atoms with Crippen LogP contribution in [-0.4, -0.2) is 37.7 Å². The van der Waals surface area contributed by atoms with Crippen LogP contribution in [0.5, 0.6) is 5.75 Å². The minimum Gasteiger partial charge on any atom is -0.497 e. The van der Waals surface area contributed by atoms with Gasteiger partial charge in [-0.05, 0) is 37.0 Å². The summed E-state index contributed by atoms with van der Waals surface area (Å²) in [4.78, 5) is 13.0. The van der Waals surface area contributed by atoms with Crippen LogP contribution in [0.25, 0.3) is 10.2 Å². The van der Waals surface area contributed by atoms with Crippen LogP contribution in [0.4, 0.5) is 5.82 Å². The molecule has 1 aromatic carbocycles. The third-order valence-electron chi connectivity index (χ3n) is 5.17. The highest BCUT2D eigenvalue weighted by Crippen LogP contribution is 2.39. The van der Waals surface area contributed by atoms with Crippen LogP contribution in [0.1, 0.15) is 28.5 Å². The van der Waals surface area contributed by atoms with E-state index in [9.17, 15) is 0 Å². The first kappa shape index (κ1) is 17.2. The molecule has 1 aliphatic carbocycles. The number of anilines is 1. The van der Waals surface area contributed by atoms with Gasteiger partial charge >= 0.3 is 0 Å². The lowest BCUT2D eigenvalue weighted by atomic mass is 10.1. The van der Waals surface area contributed by atoms with Crippen molar-refractivity contribution in [2.75, 3.05) is 33.1 Å². The van der Waals surface area contributed by atoms with Gasteiger partial charge in [-0.15, -0.1) is 11.3 Å². The average Bonchev–Trinajstić information content (AvgIpc) is 3.23. The van der Waals surface area contributed by atoms with Gasteiger partial charge in [-0.2, -0.15) is 0 Å². The number of fused-ring (bicyclic) bond motifs is 3. The molecule has 0 amide bonds. The Morgan fingerprint density at radius 3 is 2.96 bits per heavy atom. The van der Waals surface area contributed by atoms with Crippen molar-refractivity contribution >= 4 is 27.4 Å². The Hall–Kier alpha value is -2.18. The highest BCUT2D eigenvalue weighted by atomic mass is 32.1. The van der Waals surface area contributed by atoms with E-state index in [-0.39, 0.29) is 0 Å². The van der Waals surface area contributed by atoms with Gasteiger partial charge in [0, 0.05) is 10.4 Å². The molecule has 0 aliphatic heterocycles. The number of rotatable bonds is 6. The number of aromatic nitrogens is 2. The summed E-state index contributed by atoms with van der Waals surface area (Å²) < 4.78 is 5.40. The highest BCUT2D eigenvalue weighted by molar-refractivity contribution is 7.19. The van der Waals surface area contributed by atoms with Crippen molar-refractivity contribution in [3.63, 3.8) is 0 Å². The molecule has 3 aromatic rings. The molecule has 1 aliphatic rings. The molecular weight excluding hydrogens is 344 g/mol. The predicted molar refractivity (Wildman–Crippen MR) is 106 cm³/mol. The smallest absolute Gasteiger partial charge is 0.138 e. The quantitative estimate of drug-likeness (QED) is 0.701. The van der Waals surface area contributed by atoms with Crippen molar-refractivity contribution in [1.82, 2.24) is 9.97 Å². The fourth-order valence-electron chi connectivity index (χ4n) is 3.77. The fourth-order valence-corrected chi connectivity index (χ4v) is 5.00. The maximum Gasteiger partial charge on any atom is 0.138 e. The van der Waals surface area contributed by atoms with Gasteiger partial charge in [0.2, 0.25) is 0 Å². The summed E-state index contributed by atoms with van der Waals surface area (Å²) in [5.74, 6) is 1.87. The second-order valence-corrected chi connectivity index (χ2v) is 8.13. The molecule has 0 fully saturated rings. The van der Waals surface area contributed by atoms with Gasteiger partial charge in [0.05, 0.1) is 33.1 Å². The number of hydrogen-bond donors (Lipinski definition) is 2. The average molecular weight is 370 g/mol. The zero-order valence-corrected chi connectivity index (χ0v) is 16.3. The number of methoxy groups -OCH3 is 1. The van der Waals surface area contributed by atoms with Gasteiger partial charge in [-0.25, -0.2) is 9.97 Å². The molecule has 0 radical (unpaired) electrons. The number of hydrogen-bond acceptors (Lipinski definition) is 5. The highest BCUT2D eigenvalue weighted by Gasteiger charge is 2.23. The fraction of sp³-hybridized carbons (Fsp3) is 0.400. The summed E-state index contributed by atoms with van der Waals surface area (Å²) in [5.41, 5.74) is 2.72. The molecule has 0 unspecified atom stereocenters. The molecule has 26 heavy (non-hydrogen) atoms. The van der Waals surface area contributed by atoms with Gasteiger partial charge < -0.3 is 15.0 Å². The molecule has 0 saturated heterocycles. The van der Waals surface area contributed by atoms with Gasteiger partial charge in [0.1, 0.15) is 28.8 Å². The molecule has 0 spiro atoms. The van der Waals surface area contributed by atoms with E-state index in [1.807, 2.05) is 17.4 Å². The van der Waals surface area contributed by atoms with Crippen LogP contribution in [0, 0.1) is 0 Å². The number of benzene rings is 1. The van der Waals surface area contributed by atoms with Crippen LogP contribution in [-0.2, 0) is 12.8 Å². The first-order valence-corrected chi connectivity index (χ1v) is 9.92. The Morgan fingerprint density at radius 2 is 2.15 bits per heavy atom. The van der Waals surface area contributed by atoms with E-state index in [1.165, 1.54) is 39.1 Å². The largest absolute Gasteiger partial charge is 0.497 e. The van der Waals surface area contributed by atoms with E-state index >= 15 is 0 Å². The molecule has 1 atom stereocenters. The normalized spacial score (nSPS) is 14.6. The third-order valence-corrected chi connectivity index (χ3v) is 6.37. The molecule has 6 heteroatoms. The minimum atomic E-state index is 0.307. The summed E-state index contributed by atoms with van der Waals surface area (Å²) in [6.45, 7) is 0.812. The van der Waals surface area contributed by atoms with Crippen LogP contribution >= 0.6 is 11.3 Å². The van der Waals surface area contributed by atoms with Crippen molar-refractivity contribution in [3.05, 3.63) is 46.6 Å².